The van der Waals surface area contributed by atoms with Crippen molar-refractivity contribution in [3.05, 3.63) is 108 Å². The van der Waals surface area contributed by atoms with Gasteiger partial charge in [0.25, 0.3) is 0 Å². The van der Waals surface area contributed by atoms with E-state index in [9.17, 15) is 14.4 Å². The van der Waals surface area contributed by atoms with Crippen LogP contribution in [-0.4, -0.2) is 35.2 Å². The molecule has 3 rings (SSSR count). The van der Waals surface area contributed by atoms with Crippen LogP contribution in [0, 0.1) is 0 Å². The first kappa shape index (κ1) is 28.4. The second-order valence-electron chi connectivity index (χ2n) is 10.4. The summed E-state index contributed by atoms with van der Waals surface area (Å²) in [5.41, 5.74) is 0.187. The molecule has 0 aliphatic carbocycles. The summed E-state index contributed by atoms with van der Waals surface area (Å²) in [4.78, 5) is 39.7. The average molecular weight is 517 g/mol. The SMILES string of the molecule is C[C@@H](NC(=O)[C@](C)(NC(=O)OCc1ccccc1)C(c1ccccc1)c1ccccc1)C(=O)OC(C)(C)C. The number of amides is 2. The third-order valence-corrected chi connectivity index (χ3v) is 6.00. The van der Waals surface area contributed by atoms with E-state index in [0.29, 0.717) is 0 Å². The summed E-state index contributed by atoms with van der Waals surface area (Å²) < 4.78 is 10.9. The Morgan fingerprint density at radius 3 is 1.71 bits per heavy atom. The van der Waals surface area contributed by atoms with Crippen molar-refractivity contribution in [1.82, 2.24) is 10.6 Å². The second-order valence-corrected chi connectivity index (χ2v) is 10.4. The third-order valence-electron chi connectivity index (χ3n) is 6.00. The molecule has 2 N–H and O–H groups in total. The molecule has 0 radical (unpaired) electrons. The molecule has 0 aromatic heterocycles. The van der Waals surface area contributed by atoms with E-state index in [1.54, 1.807) is 34.6 Å². The van der Waals surface area contributed by atoms with Gasteiger partial charge in [-0.1, -0.05) is 91.0 Å². The Morgan fingerprint density at radius 2 is 1.24 bits per heavy atom. The number of ether oxygens (including phenoxy) is 2. The smallest absolute Gasteiger partial charge is 0.408 e. The normalized spacial score (nSPS) is 13.6. The lowest BCUT2D eigenvalue weighted by Crippen LogP contribution is -2.62. The first-order valence-electron chi connectivity index (χ1n) is 12.6. The highest BCUT2D eigenvalue weighted by Gasteiger charge is 2.46. The zero-order valence-corrected chi connectivity index (χ0v) is 22.6. The quantitative estimate of drug-likeness (QED) is 0.374. The Labute approximate surface area is 224 Å². The predicted octanol–water partition coefficient (Wildman–Crippen LogP) is 5.35. The highest BCUT2D eigenvalue weighted by molar-refractivity contribution is 5.94. The van der Waals surface area contributed by atoms with Gasteiger partial charge in [-0.2, -0.15) is 0 Å². The van der Waals surface area contributed by atoms with Gasteiger partial charge in [0.05, 0.1) is 0 Å². The number of rotatable bonds is 9. The van der Waals surface area contributed by atoms with E-state index in [-0.39, 0.29) is 6.61 Å². The van der Waals surface area contributed by atoms with Gasteiger partial charge in [-0.3, -0.25) is 4.79 Å². The van der Waals surface area contributed by atoms with Crippen molar-refractivity contribution in [2.45, 2.75) is 64.3 Å². The number of carbonyl (C=O) groups excluding carboxylic acids is 3. The largest absolute Gasteiger partial charge is 0.458 e. The van der Waals surface area contributed by atoms with Gasteiger partial charge in [-0.15, -0.1) is 0 Å². The fourth-order valence-electron chi connectivity index (χ4n) is 4.18. The molecule has 2 amide bonds. The molecule has 38 heavy (non-hydrogen) atoms. The fourth-order valence-corrected chi connectivity index (χ4v) is 4.18. The Morgan fingerprint density at radius 1 is 0.763 bits per heavy atom. The topological polar surface area (TPSA) is 93.7 Å². The van der Waals surface area contributed by atoms with Gasteiger partial charge in [-0.25, -0.2) is 9.59 Å². The number of nitrogens with one attached hydrogen (secondary N) is 2. The molecule has 3 aromatic rings. The van der Waals surface area contributed by atoms with E-state index in [1.165, 1.54) is 0 Å². The number of hydrogen-bond donors (Lipinski definition) is 2. The maximum Gasteiger partial charge on any atom is 0.408 e. The number of alkyl carbamates (subject to hydrolysis) is 1. The van der Waals surface area contributed by atoms with E-state index in [4.69, 9.17) is 9.47 Å². The summed E-state index contributed by atoms with van der Waals surface area (Å²) in [7, 11) is 0. The van der Waals surface area contributed by atoms with Gasteiger partial charge in [0.1, 0.15) is 23.8 Å². The van der Waals surface area contributed by atoms with E-state index >= 15 is 0 Å². The first-order valence-corrected chi connectivity index (χ1v) is 12.6. The third kappa shape index (κ3) is 7.68. The molecule has 0 unspecified atom stereocenters. The Bertz CT molecular complexity index is 1170. The minimum atomic E-state index is -1.53. The van der Waals surface area contributed by atoms with Crippen LogP contribution in [0.25, 0.3) is 0 Å². The van der Waals surface area contributed by atoms with Crippen LogP contribution in [-0.2, 0) is 25.7 Å². The van der Waals surface area contributed by atoms with Crippen LogP contribution in [0.5, 0.6) is 0 Å². The number of esters is 1. The predicted molar refractivity (Wildman–Crippen MR) is 146 cm³/mol. The zero-order valence-electron chi connectivity index (χ0n) is 22.6. The Balaban J connectivity index is 1.96. The van der Waals surface area contributed by atoms with Crippen molar-refractivity contribution in [2.75, 3.05) is 0 Å². The van der Waals surface area contributed by atoms with Crippen molar-refractivity contribution < 1.29 is 23.9 Å². The zero-order chi connectivity index (χ0) is 27.8. The first-order chi connectivity index (χ1) is 18.0. The molecule has 7 nitrogen and oxygen atoms in total. The maximum absolute atomic E-state index is 14.0. The minimum Gasteiger partial charge on any atom is -0.458 e. The summed E-state index contributed by atoms with van der Waals surface area (Å²) in [6.45, 7) is 8.51. The molecule has 0 bridgehead atoms. The lowest BCUT2D eigenvalue weighted by atomic mass is 9.75. The van der Waals surface area contributed by atoms with E-state index < -0.39 is 41.1 Å². The van der Waals surface area contributed by atoms with Gasteiger partial charge in [-0.05, 0) is 51.3 Å². The van der Waals surface area contributed by atoms with Crippen LogP contribution in [0.15, 0.2) is 91.0 Å². The molecule has 0 saturated heterocycles. The molecule has 7 heteroatoms. The number of hydrogen-bond acceptors (Lipinski definition) is 5. The highest BCUT2D eigenvalue weighted by Crippen LogP contribution is 2.35. The molecular weight excluding hydrogens is 480 g/mol. The van der Waals surface area contributed by atoms with Gasteiger partial charge in [0.2, 0.25) is 5.91 Å². The monoisotopic (exact) mass is 516 g/mol. The molecule has 0 fully saturated rings. The summed E-state index contributed by atoms with van der Waals surface area (Å²) in [6, 6.07) is 27.2. The summed E-state index contributed by atoms with van der Waals surface area (Å²) in [6.07, 6.45) is -0.756. The van der Waals surface area contributed by atoms with Crippen LogP contribution in [0.4, 0.5) is 4.79 Å². The molecule has 0 spiro atoms. The molecule has 200 valence electrons. The second kappa shape index (κ2) is 12.4. The van der Waals surface area contributed by atoms with E-state index in [1.807, 2.05) is 91.0 Å². The molecule has 0 aliphatic heterocycles. The number of carbonyl (C=O) groups is 3. The van der Waals surface area contributed by atoms with Gasteiger partial charge >= 0.3 is 12.1 Å². The Kier molecular flexibility index (Phi) is 9.29. The van der Waals surface area contributed by atoms with E-state index in [0.717, 1.165) is 16.7 Å². The van der Waals surface area contributed by atoms with Crippen molar-refractivity contribution in [1.29, 1.82) is 0 Å². The lowest BCUT2D eigenvalue weighted by Gasteiger charge is -2.38. The summed E-state index contributed by atoms with van der Waals surface area (Å²) >= 11 is 0. The van der Waals surface area contributed by atoms with Crippen LogP contribution in [0.3, 0.4) is 0 Å². The van der Waals surface area contributed by atoms with Crippen LogP contribution in [0.2, 0.25) is 0 Å². The summed E-state index contributed by atoms with van der Waals surface area (Å²) in [5, 5.41) is 5.59. The average Bonchev–Trinajstić information content (AvgIpc) is 2.88. The molecule has 0 heterocycles. The van der Waals surface area contributed by atoms with Crippen LogP contribution >= 0.6 is 0 Å². The Hall–Kier alpha value is -4.13. The van der Waals surface area contributed by atoms with Crippen molar-refractivity contribution >= 4 is 18.0 Å². The van der Waals surface area contributed by atoms with Crippen LogP contribution < -0.4 is 10.6 Å². The molecule has 2 atom stereocenters. The lowest BCUT2D eigenvalue weighted by molar-refractivity contribution is -0.158. The van der Waals surface area contributed by atoms with Crippen molar-refractivity contribution in [3.63, 3.8) is 0 Å². The molecule has 0 saturated carbocycles. The fraction of sp³-hybridized carbons (Fsp3) is 0.323. The number of benzene rings is 3. The van der Waals surface area contributed by atoms with Gasteiger partial charge in [0, 0.05) is 5.92 Å². The highest BCUT2D eigenvalue weighted by atomic mass is 16.6. The maximum atomic E-state index is 14.0. The van der Waals surface area contributed by atoms with Crippen LogP contribution in [0.1, 0.15) is 57.2 Å². The standard InChI is InChI=1S/C31H36N2O5/c1-22(27(34)38-30(2,3)4)32-28(35)31(5,33-29(36)37-21-23-15-9-6-10-16-23)26(24-17-11-7-12-18-24)25-19-13-8-14-20-25/h6-20,22,26H,21H2,1-5H3,(H,32,35)(H,33,36)/t22-,31-/m1/s1. The van der Waals surface area contributed by atoms with Crippen molar-refractivity contribution in [3.8, 4) is 0 Å². The van der Waals surface area contributed by atoms with Gasteiger partial charge < -0.3 is 20.1 Å². The minimum absolute atomic E-state index is 0.0417. The van der Waals surface area contributed by atoms with E-state index in [2.05, 4.69) is 10.6 Å². The van der Waals surface area contributed by atoms with Gasteiger partial charge in [0.15, 0.2) is 0 Å². The van der Waals surface area contributed by atoms with Crippen molar-refractivity contribution in [2.24, 2.45) is 0 Å². The molecule has 0 aliphatic rings. The molecular formula is C31H36N2O5. The molecule has 3 aromatic carbocycles. The summed E-state index contributed by atoms with van der Waals surface area (Å²) in [5.74, 6) is -1.72.